The lowest BCUT2D eigenvalue weighted by molar-refractivity contribution is -0.126. The number of rotatable bonds is 5. The molecule has 2 unspecified atom stereocenters. The molecule has 0 spiro atoms. The van der Waals surface area contributed by atoms with E-state index in [4.69, 9.17) is 0 Å². The quantitative estimate of drug-likeness (QED) is 0.872. The van der Waals surface area contributed by atoms with Gasteiger partial charge >= 0.3 is 0 Å². The average molecular weight is 300 g/mol. The molecule has 1 fully saturated rings. The monoisotopic (exact) mass is 300 g/mol. The topological polar surface area (TPSA) is 62.2 Å². The predicted molar refractivity (Wildman–Crippen MR) is 79.3 cm³/mol. The van der Waals surface area contributed by atoms with Crippen LogP contribution in [0.15, 0.2) is 5.38 Å². The molecule has 0 aliphatic heterocycles. The Bertz CT molecular complexity index is 459. The summed E-state index contributed by atoms with van der Waals surface area (Å²) >= 11 is 3.21. The van der Waals surface area contributed by atoms with Crippen LogP contribution in [-0.2, 0) is 10.5 Å². The molecule has 19 heavy (non-hydrogen) atoms. The van der Waals surface area contributed by atoms with E-state index in [2.05, 4.69) is 10.3 Å². The summed E-state index contributed by atoms with van der Waals surface area (Å²) in [4.78, 5) is 16.2. The molecule has 2 atom stereocenters. The van der Waals surface area contributed by atoms with Crippen LogP contribution in [0.4, 0.5) is 0 Å². The summed E-state index contributed by atoms with van der Waals surface area (Å²) in [5.74, 6) is 1.26. The summed E-state index contributed by atoms with van der Waals surface area (Å²) in [5, 5.41) is 15.7. The molecule has 1 heterocycles. The second-order valence-corrected chi connectivity index (χ2v) is 7.59. The van der Waals surface area contributed by atoms with Gasteiger partial charge in [-0.1, -0.05) is 13.8 Å². The van der Waals surface area contributed by atoms with Crippen molar-refractivity contribution >= 4 is 29.0 Å². The third kappa shape index (κ3) is 3.49. The van der Waals surface area contributed by atoms with Gasteiger partial charge in [-0.3, -0.25) is 4.79 Å². The Morgan fingerprint density at radius 2 is 2.42 bits per heavy atom. The predicted octanol–water partition coefficient (Wildman–Crippen LogP) is 1.96. The normalized spacial score (nSPS) is 24.8. The van der Waals surface area contributed by atoms with Crippen molar-refractivity contribution in [2.75, 3.05) is 5.75 Å². The summed E-state index contributed by atoms with van der Waals surface area (Å²) in [6, 6.07) is 0.0946. The number of amides is 1. The highest BCUT2D eigenvalue weighted by molar-refractivity contribution is 7.99. The number of carbonyl (C=O) groups is 1. The number of aromatic nitrogens is 1. The Morgan fingerprint density at radius 3 is 2.95 bits per heavy atom. The third-order valence-corrected chi connectivity index (χ3v) is 5.49. The highest BCUT2D eigenvalue weighted by Gasteiger charge is 2.47. The van der Waals surface area contributed by atoms with Gasteiger partial charge in [0.05, 0.1) is 22.6 Å². The lowest BCUT2D eigenvalue weighted by Gasteiger charge is -2.49. The van der Waals surface area contributed by atoms with Crippen LogP contribution in [0, 0.1) is 12.3 Å². The molecule has 2 N–H and O–H groups in total. The number of thioether (sulfide) groups is 1. The van der Waals surface area contributed by atoms with Crippen LogP contribution >= 0.6 is 23.1 Å². The molecule has 1 aliphatic carbocycles. The zero-order valence-corrected chi connectivity index (χ0v) is 13.1. The van der Waals surface area contributed by atoms with Crippen LogP contribution in [0.5, 0.6) is 0 Å². The van der Waals surface area contributed by atoms with Crippen molar-refractivity contribution in [1.82, 2.24) is 10.3 Å². The smallest absolute Gasteiger partial charge is 0.230 e. The van der Waals surface area contributed by atoms with Crippen molar-refractivity contribution in [1.29, 1.82) is 0 Å². The maximum atomic E-state index is 11.8. The minimum atomic E-state index is -0.302. The molecule has 0 saturated heterocycles. The number of hydrogen-bond donors (Lipinski definition) is 2. The van der Waals surface area contributed by atoms with E-state index in [1.807, 2.05) is 26.2 Å². The van der Waals surface area contributed by atoms with E-state index < -0.39 is 0 Å². The number of nitrogens with zero attached hydrogens (tertiary/aromatic N) is 1. The van der Waals surface area contributed by atoms with Crippen LogP contribution in [0.2, 0.25) is 0 Å². The first-order valence-corrected chi connectivity index (χ1v) is 8.39. The molecule has 106 valence electrons. The lowest BCUT2D eigenvalue weighted by Crippen LogP contribution is -2.61. The first kappa shape index (κ1) is 14.8. The van der Waals surface area contributed by atoms with Crippen LogP contribution < -0.4 is 5.32 Å². The van der Waals surface area contributed by atoms with Crippen LogP contribution in [0.3, 0.4) is 0 Å². The minimum absolute atomic E-state index is 0.0435. The average Bonchev–Trinajstić information content (AvgIpc) is 2.75. The molecule has 2 rings (SSSR count). The van der Waals surface area contributed by atoms with Gasteiger partial charge in [-0.05, 0) is 13.3 Å². The van der Waals surface area contributed by atoms with E-state index >= 15 is 0 Å². The number of nitrogens with one attached hydrogen (secondary N) is 1. The van der Waals surface area contributed by atoms with Crippen molar-refractivity contribution in [3.05, 3.63) is 16.1 Å². The number of aryl methyl sites for hydroxylation is 1. The van der Waals surface area contributed by atoms with Crippen molar-refractivity contribution in [3.8, 4) is 0 Å². The highest BCUT2D eigenvalue weighted by Crippen LogP contribution is 2.40. The fourth-order valence-corrected chi connectivity index (χ4v) is 3.55. The molecule has 1 aromatic heterocycles. The van der Waals surface area contributed by atoms with Crippen LogP contribution in [-0.4, -0.2) is 33.9 Å². The molecular formula is C13H20N2O2S2. The molecule has 4 nitrogen and oxygen atoms in total. The summed E-state index contributed by atoms with van der Waals surface area (Å²) in [6.07, 6.45) is 0.359. The molecule has 0 radical (unpaired) electrons. The molecular weight excluding hydrogens is 280 g/mol. The van der Waals surface area contributed by atoms with Crippen molar-refractivity contribution in [2.45, 2.75) is 45.1 Å². The third-order valence-electron chi connectivity index (χ3n) is 3.70. The second kappa shape index (κ2) is 5.81. The maximum Gasteiger partial charge on any atom is 0.230 e. The summed E-state index contributed by atoms with van der Waals surface area (Å²) in [6.45, 7) is 5.95. The van der Waals surface area contributed by atoms with E-state index in [1.54, 1.807) is 23.1 Å². The highest BCUT2D eigenvalue weighted by atomic mass is 32.2. The van der Waals surface area contributed by atoms with E-state index in [1.165, 1.54) is 0 Å². The fraction of sp³-hybridized carbons (Fsp3) is 0.692. The van der Waals surface area contributed by atoms with Crippen molar-refractivity contribution in [2.24, 2.45) is 5.41 Å². The number of hydrogen-bond acceptors (Lipinski definition) is 5. The van der Waals surface area contributed by atoms with E-state index in [0.717, 1.165) is 16.5 Å². The van der Waals surface area contributed by atoms with E-state index in [9.17, 15) is 9.90 Å². The molecule has 1 amide bonds. The van der Waals surface area contributed by atoms with Crippen molar-refractivity contribution in [3.63, 3.8) is 0 Å². The van der Waals surface area contributed by atoms with E-state index in [0.29, 0.717) is 12.2 Å². The van der Waals surface area contributed by atoms with Gasteiger partial charge in [-0.25, -0.2) is 4.98 Å². The van der Waals surface area contributed by atoms with Gasteiger partial charge in [0.15, 0.2) is 0 Å². The Morgan fingerprint density at radius 1 is 1.68 bits per heavy atom. The summed E-state index contributed by atoms with van der Waals surface area (Å²) in [5.41, 5.74) is 0.839. The fourth-order valence-electron chi connectivity index (χ4n) is 2.11. The van der Waals surface area contributed by atoms with Gasteiger partial charge in [-0.15, -0.1) is 23.1 Å². The molecule has 0 aromatic carbocycles. The minimum Gasteiger partial charge on any atom is -0.392 e. The Labute approximate surface area is 122 Å². The zero-order valence-electron chi connectivity index (χ0n) is 11.5. The largest absolute Gasteiger partial charge is 0.392 e. The maximum absolute atomic E-state index is 11.8. The number of carbonyl (C=O) groups excluding carboxylic acids is 1. The van der Waals surface area contributed by atoms with Gasteiger partial charge in [0.25, 0.3) is 0 Å². The Balaban J connectivity index is 1.68. The Kier molecular flexibility index (Phi) is 4.53. The molecule has 6 heteroatoms. The zero-order chi connectivity index (χ0) is 14.0. The summed E-state index contributed by atoms with van der Waals surface area (Å²) < 4.78 is 0. The van der Waals surface area contributed by atoms with E-state index in [-0.39, 0.29) is 23.5 Å². The van der Waals surface area contributed by atoms with Gasteiger partial charge in [0.2, 0.25) is 5.91 Å². The number of aliphatic hydroxyl groups excluding tert-OH is 1. The summed E-state index contributed by atoms with van der Waals surface area (Å²) in [7, 11) is 0. The van der Waals surface area contributed by atoms with Gasteiger partial charge in [0, 0.05) is 22.6 Å². The second-order valence-electron chi connectivity index (χ2n) is 5.54. The van der Waals surface area contributed by atoms with Crippen LogP contribution in [0.1, 0.15) is 31.0 Å². The number of aliphatic hydroxyl groups is 1. The molecule has 0 bridgehead atoms. The Hall–Kier alpha value is -0.590. The first-order chi connectivity index (χ1) is 8.89. The van der Waals surface area contributed by atoms with Crippen LogP contribution in [0.25, 0.3) is 0 Å². The SMILES string of the molecule is Cc1nc(CSCC(=O)NC2CC(O)C2(C)C)cs1. The number of thiazole rings is 1. The van der Waals surface area contributed by atoms with Gasteiger partial charge < -0.3 is 10.4 Å². The lowest BCUT2D eigenvalue weighted by atomic mass is 9.64. The first-order valence-electron chi connectivity index (χ1n) is 6.36. The van der Waals surface area contributed by atoms with Gasteiger partial charge in [0.1, 0.15) is 0 Å². The molecule has 1 aliphatic rings. The molecule has 1 saturated carbocycles. The molecule has 1 aromatic rings. The van der Waals surface area contributed by atoms with Crippen molar-refractivity contribution < 1.29 is 9.90 Å². The van der Waals surface area contributed by atoms with Gasteiger partial charge in [-0.2, -0.15) is 0 Å². The standard InChI is InChI=1S/C13H20N2O2S2/c1-8-14-9(6-19-8)5-18-7-12(17)15-10-4-11(16)13(10,2)3/h6,10-11,16H,4-5,7H2,1-3H3,(H,15,17).